The van der Waals surface area contributed by atoms with Gasteiger partial charge in [-0.05, 0) is 40.7 Å². The highest BCUT2D eigenvalue weighted by Gasteiger charge is 2.48. The first-order valence-electron chi connectivity index (χ1n) is 9.39. The number of amides is 2. The number of hydrogen-bond acceptors (Lipinski definition) is 3. The van der Waals surface area contributed by atoms with Gasteiger partial charge in [-0.1, -0.05) is 57.2 Å². The first-order valence-corrected chi connectivity index (χ1v) is 9.39. The first kappa shape index (κ1) is 21.7. The molecule has 8 heteroatoms. The minimum Gasteiger partial charge on any atom is -0.465 e. The Balaban J connectivity index is 1.83. The lowest BCUT2D eigenvalue weighted by Gasteiger charge is -2.24. The summed E-state index contributed by atoms with van der Waals surface area (Å²) in [6.07, 6.45) is -5.62. The van der Waals surface area contributed by atoms with E-state index in [2.05, 4.69) is 4.74 Å². The smallest absolute Gasteiger partial charge is 0.465 e. The van der Waals surface area contributed by atoms with E-state index in [0.29, 0.717) is 17.5 Å². The number of imide groups is 1. The number of carbonyl (C=O) groups excluding carboxylic acids is 1. The Kier molecular flexibility index (Phi) is 5.54. The van der Waals surface area contributed by atoms with Crippen molar-refractivity contribution in [3.05, 3.63) is 54.1 Å². The van der Waals surface area contributed by atoms with Crippen molar-refractivity contribution in [2.24, 2.45) is 11.3 Å². The highest BCUT2D eigenvalue weighted by Crippen LogP contribution is 2.44. The number of carboxylic acid groups (broad SMARTS) is 1. The molecule has 1 heterocycles. The summed E-state index contributed by atoms with van der Waals surface area (Å²) in [7, 11) is 0. The van der Waals surface area contributed by atoms with E-state index in [9.17, 15) is 27.9 Å². The number of ether oxygens (including phenoxy) is 1. The van der Waals surface area contributed by atoms with Gasteiger partial charge in [0, 0.05) is 5.92 Å². The Morgan fingerprint density at radius 2 is 1.50 bits per heavy atom. The van der Waals surface area contributed by atoms with Crippen LogP contribution in [0.3, 0.4) is 0 Å². The lowest BCUT2D eigenvalue weighted by atomic mass is 9.78. The molecular weight excluding hydrogens is 399 g/mol. The molecule has 30 heavy (non-hydrogen) atoms. The third kappa shape index (κ3) is 4.58. The Hall–Kier alpha value is -3.03. The lowest BCUT2D eigenvalue weighted by molar-refractivity contribution is -0.274. The molecule has 2 atom stereocenters. The summed E-state index contributed by atoms with van der Waals surface area (Å²) in [5, 5.41) is 9.55. The van der Waals surface area contributed by atoms with Gasteiger partial charge in [0.25, 0.3) is 0 Å². The topological polar surface area (TPSA) is 66.8 Å². The second-order valence-corrected chi connectivity index (χ2v) is 8.36. The fraction of sp³-hybridized carbons (Fsp3) is 0.364. The summed E-state index contributed by atoms with van der Waals surface area (Å²) in [6, 6.07) is 11.9. The zero-order chi connectivity index (χ0) is 22.3. The number of halogens is 3. The SMILES string of the molecule is CC(C)(C)C1C[C@H](c2ccc(-c3ccc(OC(F)(F)F)cc3)cc2)N(C(=O)O)C1=O. The standard InChI is InChI=1S/C22H22F3NO4/c1-21(2,3)17-12-18(26(19(17)27)20(28)29)15-6-4-13(5-7-15)14-8-10-16(11-9-14)30-22(23,24)25/h4-11,17-18H,12H2,1-3H3,(H,28,29)/t17?,18-/m1/s1. The number of rotatable bonds is 3. The van der Waals surface area contributed by atoms with E-state index >= 15 is 0 Å². The van der Waals surface area contributed by atoms with Crippen molar-refractivity contribution >= 4 is 12.0 Å². The van der Waals surface area contributed by atoms with Crippen LogP contribution in [0.1, 0.15) is 38.8 Å². The van der Waals surface area contributed by atoms with Gasteiger partial charge in [-0.15, -0.1) is 13.2 Å². The summed E-state index contributed by atoms with van der Waals surface area (Å²) in [5.74, 6) is -1.11. The highest BCUT2D eigenvalue weighted by atomic mass is 19.4. The average molecular weight is 421 g/mol. The van der Waals surface area contributed by atoms with E-state index in [1.54, 1.807) is 24.3 Å². The van der Waals surface area contributed by atoms with Gasteiger partial charge < -0.3 is 9.84 Å². The van der Waals surface area contributed by atoms with Crippen LogP contribution < -0.4 is 4.74 Å². The van der Waals surface area contributed by atoms with Gasteiger partial charge in [-0.2, -0.15) is 0 Å². The molecule has 1 unspecified atom stereocenters. The van der Waals surface area contributed by atoms with Crippen LogP contribution >= 0.6 is 0 Å². The number of benzene rings is 2. The van der Waals surface area contributed by atoms with Crippen molar-refractivity contribution in [3.63, 3.8) is 0 Å². The molecule has 5 nitrogen and oxygen atoms in total. The van der Waals surface area contributed by atoms with Gasteiger partial charge >= 0.3 is 12.5 Å². The molecular formula is C22H22F3NO4. The predicted molar refractivity (Wildman–Crippen MR) is 104 cm³/mol. The van der Waals surface area contributed by atoms with Gasteiger partial charge in [0.1, 0.15) is 5.75 Å². The van der Waals surface area contributed by atoms with E-state index in [4.69, 9.17) is 0 Å². The third-order valence-electron chi connectivity index (χ3n) is 5.27. The van der Waals surface area contributed by atoms with Crippen LogP contribution in [0.2, 0.25) is 0 Å². The number of likely N-dealkylation sites (tertiary alicyclic amines) is 1. The van der Waals surface area contributed by atoms with Crippen LogP contribution in [0.15, 0.2) is 48.5 Å². The summed E-state index contributed by atoms with van der Waals surface area (Å²) < 4.78 is 40.7. The number of alkyl halides is 3. The van der Waals surface area contributed by atoms with Crippen molar-refractivity contribution in [1.82, 2.24) is 4.90 Å². The maximum atomic E-state index is 12.6. The lowest BCUT2D eigenvalue weighted by Crippen LogP contribution is -2.36. The normalized spacial score (nSPS) is 19.8. The van der Waals surface area contributed by atoms with E-state index < -0.39 is 30.3 Å². The molecule has 1 fully saturated rings. The minimum absolute atomic E-state index is 0.308. The predicted octanol–water partition coefficient (Wildman–Crippen LogP) is 5.87. The quantitative estimate of drug-likeness (QED) is 0.674. The van der Waals surface area contributed by atoms with Crippen molar-refractivity contribution in [2.45, 2.75) is 39.6 Å². The van der Waals surface area contributed by atoms with E-state index in [1.165, 1.54) is 24.3 Å². The van der Waals surface area contributed by atoms with Crippen LogP contribution in [0.25, 0.3) is 11.1 Å². The molecule has 0 saturated carbocycles. The molecule has 0 aromatic heterocycles. The largest absolute Gasteiger partial charge is 0.573 e. The molecule has 2 aromatic rings. The molecule has 160 valence electrons. The van der Waals surface area contributed by atoms with Crippen LogP contribution in [-0.4, -0.2) is 28.4 Å². The first-order chi connectivity index (χ1) is 13.9. The molecule has 1 aliphatic rings. The maximum Gasteiger partial charge on any atom is 0.573 e. The Labute approximate surface area is 172 Å². The molecule has 1 saturated heterocycles. The van der Waals surface area contributed by atoms with E-state index in [1.807, 2.05) is 20.8 Å². The molecule has 1 N–H and O–H groups in total. The van der Waals surface area contributed by atoms with Crippen molar-refractivity contribution in [1.29, 1.82) is 0 Å². The van der Waals surface area contributed by atoms with Crippen molar-refractivity contribution in [3.8, 4) is 16.9 Å². The monoisotopic (exact) mass is 421 g/mol. The molecule has 1 aliphatic heterocycles. The molecule has 2 amide bonds. The molecule has 0 radical (unpaired) electrons. The van der Waals surface area contributed by atoms with Gasteiger partial charge in [-0.25, -0.2) is 9.69 Å². The van der Waals surface area contributed by atoms with Crippen molar-refractivity contribution < 1.29 is 32.6 Å². The Morgan fingerprint density at radius 3 is 1.93 bits per heavy atom. The van der Waals surface area contributed by atoms with Crippen LogP contribution in [0.5, 0.6) is 5.75 Å². The molecule has 2 aromatic carbocycles. The maximum absolute atomic E-state index is 12.6. The van der Waals surface area contributed by atoms with Crippen LogP contribution in [0, 0.1) is 11.3 Å². The van der Waals surface area contributed by atoms with Crippen molar-refractivity contribution in [2.75, 3.05) is 0 Å². The van der Waals surface area contributed by atoms with E-state index in [0.717, 1.165) is 10.5 Å². The second kappa shape index (κ2) is 7.66. The molecule has 0 spiro atoms. The van der Waals surface area contributed by atoms with Gasteiger partial charge in [0.05, 0.1) is 6.04 Å². The van der Waals surface area contributed by atoms with Gasteiger partial charge in [0.15, 0.2) is 0 Å². The zero-order valence-electron chi connectivity index (χ0n) is 16.7. The van der Waals surface area contributed by atoms with Crippen LogP contribution in [0.4, 0.5) is 18.0 Å². The number of carbonyl (C=O) groups is 2. The summed E-state index contributed by atoms with van der Waals surface area (Å²) in [5.41, 5.74) is 1.76. The molecule has 0 aliphatic carbocycles. The van der Waals surface area contributed by atoms with Gasteiger partial charge in [0.2, 0.25) is 5.91 Å². The third-order valence-corrected chi connectivity index (χ3v) is 5.27. The second-order valence-electron chi connectivity index (χ2n) is 8.36. The van der Waals surface area contributed by atoms with Crippen LogP contribution in [-0.2, 0) is 4.79 Å². The number of hydrogen-bond donors (Lipinski definition) is 1. The Morgan fingerprint density at radius 1 is 1.00 bits per heavy atom. The Bertz CT molecular complexity index is 931. The highest BCUT2D eigenvalue weighted by molar-refractivity contribution is 5.95. The fourth-order valence-corrected chi connectivity index (χ4v) is 3.73. The minimum atomic E-state index is -4.75. The number of nitrogens with zero attached hydrogens (tertiary/aromatic N) is 1. The zero-order valence-corrected chi connectivity index (χ0v) is 16.7. The van der Waals surface area contributed by atoms with E-state index in [-0.39, 0.29) is 11.2 Å². The average Bonchev–Trinajstić information content (AvgIpc) is 2.99. The molecule has 0 bridgehead atoms. The van der Waals surface area contributed by atoms with Gasteiger partial charge in [-0.3, -0.25) is 4.79 Å². The summed E-state index contributed by atoms with van der Waals surface area (Å²) in [6.45, 7) is 5.73. The summed E-state index contributed by atoms with van der Waals surface area (Å²) in [4.78, 5) is 25.2. The fourth-order valence-electron chi connectivity index (χ4n) is 3.73. The molecule has 3 rings (SSSR count). The summed E-state index contributed by atoms with van der Waals surface area (Å²) >= 11 is 0.